The van der Waals surface area contributed by atoms with Crippen LogP contribution in [0.25, 0.3) is 5.57 Å². The first kappa shape index (κ1) is 17.3. The maximum absolute atomic E-state index is 13.2. The summed E-state index contributed by atoms with van der Waals surface area (Å²) in [6.45, 7) is 7.41. The molecule has 27 heavy (non-hydrogen) atoms. The van der Waals surface area contributed by atoms with Gasteiger partial charge in [0.15, 0.2) is 0 Å². The lowest BCUT2D eigenvalue weighted by Gasteiger charge is -2.25. The zero-order valence-corrected chi connectivity index (χ0v) is 15.8. The van der Waals surface area contributed by atoms with Crippen LogP contribution in [0.4, 0.5) is 5.82 Å². The highest BCUT2D eigenvalue weighted by Crippen LogP contribution is 2.49. The monoisotopic (exact) mass is 363 g/mol. The molecule has 4 rings (SSSR count). The third kappa shape index (κ3) is 2.70. The lowest BCUT2D eigenvalue weighted by Crippen LogP contribution is -2.38. The number of aryl methyl sites for hydroxylation is 2. The molecule has 1 aliphatic heterocycles. The lowest BCUT2D eigenvalue weighted by atomic mass is 9.75. The van der Waals surface area contributed by atoms with E-state index in [4.69, 9.17) is 0 Å². The Morgan fingerprint density at radius 2 is 1.93 bits per heavy atom. The van der Waals surface area contributed by atoms with E-state index < -0.39 is 5.41 Å². The molecule has 2 aromatic heterocycles. The Balaban J connectivity index is 1.81. The number of anilines is 1. The molecule has 2 aliphatic rings. The van der Waals surface area contributed by atoms with Gasteiger partial charge in [-0.1, -0.05) is 24.8 Å². The van der Waals surface area contributed by atoms with Crippen LogP contribution in [0.2, 0.25) is 0 Å². The maximum atomic E-state index is 13.2. The van der Waals surface area contributed by atoms with Crippen molar-refractivity contribution in [1.82, 2.24) is 15.1 Å². The van der Waals surface area contributed by atoms with Crippen molar-refractivity contribution in [2.75, 3.05) is 4.90 Å². The Labute approximate surface area is 157 Å². The molecule has 0 saturated carbocycles. The van der Waals surface area contributed by atoms with Crippen molar-refractivity contribution in [3.63, 3.8) is 0 Å². The molecule has 1 amide bonds. The third-order valence-corrected chi connectivity index (χ3v) is 5.43. The average Bonchev–Trinajstić information content (AvgIpc) is 2.84. The molecule has 1 unspecified atom stereocenters. The summed E-state index contributed by atoms with van der Waals surface area (Å²) in [4.78, 5) is 23.8. The predicted molar refractivity (Wildman–Crippen MR) is 100 cm³/mol. The fourth-order valence-electron chi connectivity index (χ4n) is 3.69. The van der Waals surface area contributed by atoms with Crippen molar-refractivity contribution in [1.29, 1.82) is 0 Å². The molecule has 0 N–H and O–H groups in total. The van der Waals surface area contributed by atoms with Gasteiger partial charge in [-0.15, -0.1) is 0 Å². The van der Waals surface area contributed by atoms with Crippen molar-refractivity contribution in [3.8, 4) is 0 Å². The number of carbonyl (C=O) groups excluding carboxylic acids is 1. The van der Waals surface area contributed by atoms with Gasteiger partial charge in [-0.2, -0.15) is 0 Å². The molecular formula is C20H21N5O2. The Hall–Kier alpha value is -3.09. The van der Waals surface area contributed by atoms with Crippen LogP contribution >= 0.6 is 0 Å². The smallest absolute Gasteiger partial charge is 0.238 e. The van der Waals surface area contributed by atoms with E-state index in [0.717, 1.165) is 23.3 Å². The maximum Gasteiger partial charge on any atom is 0.238 e. The van der Waals surface area contributed by atoms with Gasteiger partial charge in [0.1, 0.15) is 5.82 Å². The highest BCUT2D eigenvalue weighted by molar-refractivity contribution is 6.04. The van der Waals surface area contributed by atoms with Crippen molar-refractivity contribution in [2.24, 2.45) is 11.3 Å². The van der Waals surface area contributed by atoms with Crippen molar-refractivity contribution < 1.29 is 9.64 Å². The highest BCUT2D eigenvalue weighted by atomic mass is 16.5. The van der Waals surface area contributed by atoms with E-state index >= 15 is 0 Å². The van der Waals surface area contributed by atoms with Gasteiger partial charge in [0.05, 0.1) is 5.41 Å². The normalized spacial score (nSPS) is 21.0. The van der Waals surface area contributed by atoms with E-state index in [2.05, 4.69) is 21.1 Å². The summed E-state index contributed by atoms with van der Waals surface area (Å²) in [7, 11) is 0. The quantitative estimate of drug-likeness (QED) is 0.604. The first-order valence-electron chi connectivity index (χ1n) is 8.92. The first-order chi connectivity index (χ1) is 12.8. The number of nitrogens with zero attached hydrogens (tertiary/aromatic N) is 5. The number of fused-ring (bicyclic) bond motifs is 1. The molecule has 7 nitrogen and oxygen atoms in total. The average molecular weight is 363 g/mol. The van der Waals surface area contributed by atoms with E-state index in [1.807, 2.05) is 26.8 Å². The van der Waals surface area contributed by atoms with E-state index in [1.165, 1.54) is 0 Å². The van der Waals surface area contributed by atoms with Crippen LogP contribution in [0.3, 0.4) is 0 Å². The molecule has 1 aliphatic carbocycles. The van der Waals surface area contributed by atoms with Gasteiger partial charge >= 0.3 is 0 Å². The van der Waals surface area contributed by atoms with Crippen LogP contribution in [-0.4, -0.2) is 21.0 Å². The van der Waals surface area contributed by atoms with Crippen molar-refractivity contribution >= 4 is 17.3 Å². The summed E-state index contributed by atoms with van der Waals surface area (Å²) < 4.78 is 0. The molecule has 0 bridgehead atoms. The number of amides is 1. The summed E-state index contributed by atoms with van der Waals surface area (Å²) in [5.74, 6) is 1.04. The third-order valence-electron chi connectivity index (χ3n) is 5.43. The minimum atomic E-state index is -0.572. The molecule has 0 radical (unpaired) electrons. The predicted octanol–water partition coefficient (Wildman–Crippen LogP) is 2.48. The molecule has 3 heterocycles. The van der Waals surface area contributed by atoms with Crippen molar-refractivity contribution in [3.05, 3.63) is 64.7 Å². The second kappa shape index (κ2) is 5.97. The number of aromatic nitrogens is 4. The second-order valence-corrected chi connectivity index (χ2v) is 7.60. The number of hydrogen-bond acceptors (Lipinski definition) is 5. The Morgan fingerprint density at radius 3 is 2.59 bits per heavy atom. The minimum absolute atomic E-state index is 0.0309. The molecule has 2 aromatic rings. The summed E-state index contributed by atoms with van der Waals surface area (Å²) in [6, 6.07) is 3.39. The number of allylic oxidation sites excluding steroid dienone is 4. The molecule has 138 valence electrons. The zero-order valence-electron chi connectivity index (χ0n) is 15.8. The van der Waals surface area contributed by atoms with Crippen LogP contribution < -0.4 is 9.75 Å². The minimum Gasteiger partial charge on any atom is -0.594 e. The molecule has 0 spiro atoms. The second-order valence-electron chi connectivity index (χ2n) is 7.60. The Bertz CT molecular complexity index is 992. The number of hydrogen-bond donors (Lipinski definition) is 0. The molecule has 1 saturated heterocycles. The van der Waals surface area contributed by atoms with E-state index in [-0.39, 0.29) is 11.8 Å². The Morgan fingerprint density at radius 1 is 1.22 bits per heavy atom. The van der Waals surface area contributed by atoms with Gasteiger partial charge in [0.2, 0.25) is 17.4 Å². The fourth-order valence-corrected chi connectivity index (χ4v) is 3.69. The van der Waals surface area contributed by atoms with Crippen LogP contribution in [0, 0.1) is 30.4 Å². The molecule has 7 heteroatoms. The lowest BCUT2D eigenvalue weighted by molar-refractivity contribution is -0.674. The fraction of sp³-hybridized carbons (Fsp3) is 0.350. The van der Waals surface area contributed by atoms with Crippen molar-refractivity contribution in [2.45, 2.75) is 34.1 Å². The highest BCUT2D eigenvalue weighted by Gasteiger charge is 2.52. The Kier molecular flexibility index (Phi) is 3.83. The largest absolute Gasteiger partial charge is 0.594 e. The summed E-state index contributed by atoms with van der Waals surface area (Å²) in [6.07, 6.45) is 8.41. The summed E-state index contributed by atoms with van der Waals surface area (Å²) in [5.41, 5.74) is 2.65. The first-order valence-corrected chi connectivity index (χ1v) is 8.92. The topological polar surface area (TPSA) is 85.9 Å². The van der Waals surface area contributed by atoms with Gasteiger partial charge in [-0.25, -0.2) is 9.97 Å². The van der Waals surface area contributed by atoms with Crippen LogP contribution in [-0.2, 0) is 4.79 Å². The van der Waals surface area contributed by atoms with Crippen LogP contribution in [0.5, 0.6) is 0 Å². The van der Waals surface area contributed by atoms with E-state index in [1.54, 1.807) is 36.4 Å². The van der Waals surface area contributed by atoms with Gasteiger partial charge < -0.3 is 5.21 Å². The molecule has 1 fully saturated rings. The molecule has 1 atom stereocenters. The SMILES string of the molecule is Cc1ncc(C2=CCC3C(=C2)N(c2ccc(C)[n+]([O-])n2)C(=O)C3(C)C)cn1. The standard InChI is InChI=1S/C20H21N5O2/c1-12-5-8-18(23-25(12)27)24-17-9-14(15-10-21-13(2)22-11-15)6-7-16(17)20(3,4)19(24)26/h5-6,8-11,16H,7H2,1-4H3. The van der Waals surface area contributed by atoms with Gasteiger partial charge in [-0.05, 0) is 31.1 Å². The van der Waals surface area contributed by atoms with Gasteiger partial charge in [0.25, 0.3) is 0 Å². The summed E-state index contributed by atoms with van der Waals surface area (Å²) in [5, 5.41) is 16.0. The van der Waals surface area contributed by atoms with Crippen LogP contribution in [0.15, 0.2) is 42.4 Å². The molecular weight excluding hydrogens is 342 g/mol. The van der Waals surface area contributed by atoms with Crippen LogP contribution in [0.1, 0.15) is 37.4 Å². The number of rotatable bonds is 2. The number of carbonyl (C=O) groups is 1. The van der Waals surface area contributed by atoms with Gasteiger partial charge in [0, 0.05) is 47.7 Å². The molecule has 0 aromatic carbocycles. The van der Waals surface area contributed by atoms with E-state index in [0.29, 0.717) is 22.2 Å². The summed E-state index contributed by atoms with van der Waals surface area (Å²) >= 11 is 0. The van der Waals surface area contributed by atoms with E-state index in [9.17, 15) is 10.0 Å². The zero-order chi connectivity index (χ0) is 19.3. The van der Waals surface area contributed by atoms with Gasteiger partial charge in [-0.3, -0.25) is 9.69 Å².